The van der Waals surface area contributed by atoms with Crippen LogP contribution in [0.1, 0.15) is 25.3 Å². The highest BCUT2D eigenvalue weighted by atomic mass is 127. The van der Waals surface area contributed by atoms with Gasteiger partial charge in [-0.15, -0.1) is 24.0 Å². The molecule has 4 rings (SSSR count). The van der Waals surface area contributed by atoms with E-state index in [4.69, 9.17) is 9.73 Å². The Bertz CT molecular complexity index is 738. The van der Waals surface area contributed by atoms with Gasteiger partial charge in [-0.25, -0.2) is 9.67 Å². The topological polar surface area (TPSA) is 54.7 Å². The second kappa shape index (κ2) is 9.05. The first kappa shape index (κ1) is 20.1. The molecule has 0 aliphatic carbocycles. The second-order valence-electron chi connectivity index (χ2n) is 7.26. The van der Waals surface area contributed by atoms with Crippen molar-refractivity contribution in [3.8, 4) is 5.69 Å². The molecule has 2 fully saturated rings. The van der Waals surface area contributed by atoms with Gasteiger partial charge in [-0.3, -0.25) is 0 Å². The van der Waals surface area contributed by atoms with Crippen molar-refractivity contribution >= 4 is 29.9 Å². The van der Waals surface area contributed by atoms with Crippen LogP contribution < -0.4 is 5.32 Å². The van der Waals surface area contributed by atoms with Gasteiger partial charge in [-0.2, -0.15) is 5.10 Å². The van der Waals surface area contributed by atoms with Gasteiger partial charge in [0.15, 0.2) is 5.96 Å². The molecule has 1 spiro atoms. The van der Waals surface area contributed by atoms with Crippen molar-refractivity contribution in [1.29, 1.82) is 0 Å². The van der Waals surface area contributed by atoms with Crippen LogP contribution in [-0.4, -0.2) is 53.5 Å². The summed E-state index contributed by atoms with van der Waals surface area (Å²) < 4.78 is 7.51. The zero-order valence-corrected chi connectivity index (χ0v) is 18.1. The lowest BCUT2D eigenvalue weighted by Gasteiger charge is -2.25. The summed E-state index contributed by atoms with van der Waals surface area (Å²) in [4.78, 5) is 7.28. The lowest BCUT2D eigenvalue weighted by molar-refractivity contribution is 0.156. The zero-order valence-electron chi connectivity index (χ0n) is 15.8. The SMILES string of the molecule is CCNC(=NCc1ccc(-n2cccn2)cc1)N1CCC2(CCOC2)C1.I. The van der Waals surface area contributed by atoms with Crippen LogP contribution in [0.4, 0.5) is 0 Å². The number of aromatic nitrogens is 2. The van der Waals surface area contributed by atoms with Crippen LogP contribution in [0.25, 0.3) is 5.69 Å². The molecule has 1 N–H and O–H groups in total. The normalized spacial score (nSPS) is 22.3. The van der Waals surface area contributed by atoms with Gasteiger partial charge in [-0.05, 0) is 43.5 Å². The number of guanidine groups is 1. The molecule has 1 atom stereocenters. The van der Waals surface area contributed by atoms with E-state index in [9.17, 15) is 0 Å². The molecule has 2 aromatic rings. The lowest BCUT2D eigenvalue weighted by Crippen LogP contribution is -2.41. The maximum Gasteiger partial charge on any atom is 0.194 e. The minimum atomic E-state index is 0. The molecule has 2 aliphatic heterocycles. The summed E-state index contributed by atoms with van der Waals surface area (Å²) in [6.45, 7) is 7.62. The van der Waals surface area contributed by atoms with Crippen molar-refractivity contribution in [2.75, 3.05) is 32.8 Å². The van der Waals surface area contributed by atoms with Gasteiger partial charge in [-0.1, -0.05) is 12.1 Å². The van der Waals surface area contributed by atoms with E-state index in [-0.39, 0.29) is 24.0 Å². The highest BCUT2D eigenvalue weighted by Gasteiger charge is 2.42. The average Bonchev–Trinajstić information content (AvgIpc) is 3.43. The van der Waals surface area contributed by atoms with Crippen LogP contribution in [0.2, 0.25) is 0 Å². The van der Waals surface area contributed by atoms with E-state index in [0.29, 0.717) is 12.0 Å². The summed E-state index contributed by atoms with van der Waals surface area (Å²) in [7, 11) is 0. The second-order valence-corrected chi connectivity index (χ2v) is 7.26. The van der Waals surface area contributed by atoms with E-state index >= 15 is 0 Å². The van der Waals surface area contributed by atoms with E-state index < -0.39 is 0 Å². The van der Waals surface area contributed by atoms with Gasteiger partial charge in [0.05, 0.1) is 18.8 Å². The third-order valence-corrected chi connectivity index (χ3v) is 5.37. The molecule has 3 heterocycles. The van der Waals surface area contributed by atoms with Gasteiger partial charge in [0.2, 0.25) is 0 Å². The first-order valence-electron chi connectivity index (χ1n) is 9.48. The predicted octanol–water partition coefficient (Wildman–Crippen LogP) is 3.07. The molecule has 27 heavy (non-hydrogen) atoms. The summed E-state index contributed by atoms with van der Waals surface area (Å²) in [6, 6.07) is 10.4. The Kier molecular flexibility index (Phi) is 6.75. The van der Waals surface area contributed by atoms with Gasteiger partial charge >= 0.3 is 0 Å². The van der Waals surface area contributed by atoms with Crippen LogP contribution in [0.5, 0.6) is 0 Å². The van der Waals surface area contributed by atoms with E-state index in [1.165, 1.54) is 18.4 Å². The highest BCUT2D eigenvalue weighted by Crippen LogP contribution is 2.38. The van der Waals surface area contributed by atoms with Crippen LogP contribution in [0, 0.1) is 5.41 Å². The predicted molar refractivity (Wildman–Crippen MR) is 118 cm³/mol. The third kappa shape index (κ3) is 4.63. The van der Waals surface area contributed by atoms with Crippen LogP contribution in [0.3, 0.4) is 0 Å². The molecular formula is C20H28IN5O. The minimum Gasteiger partial charge on any atom is -0.381 e. The number of halogens is 1. The Morgan fingerprint density at radius 1 is 1.30 bits per heavy atom. The van der Waals surface area contributed by atoms with E-state index in [1.807, 2.05) is 16.9 Å². The summed E-state index contributed by atoms with van der Waals surface area (Å²) >= 11 is 0. The number of hydrogen-bond acceptors (Lipinski definition) is 3. The van der Waals surface area contributed by atoms with Crippen molar-refractivity contribution in [3.63, 3.8) is 0 Å². The molecule has 2 saturated heterocycles. The summed E-state index contributed by atoms with van der Waals surface area (Å²) in [6.07, 6.45) is 6.12. The Hall–Kier alpha value is -1.61. The van der Waals surface area contributed by atoms with E-state index in [0.717, 1.165) is 44.5 Å². The van der Waals surface area contributed by atoms with Gasteiger partial charge < -0.3 is 15.0 Å². The molecule has 1 unspecified atom stereocenters. The number of nitrogens with zero attached hydrogens (tertiary/aromatic N) is 4. The molecule has 6 nitrogen and oxygen atoms in total. The van der Waals surface area contributed by atoms with Crippen molar-refractivity contribution in [3.05, 3.63) is 48.3 Å². The molecule has 1 aromatic carbocycles. The fraction of sp³-hybridized carbons (Fsp3) is 0.500. The molecular weight excluding hydrogens is 453 g/mol. The first-order chi connectivity index (χ1) is 12.8. The smallest absolute Gasteiger partial charge is 0.194 e. The van der Waals surface area contributed by atoms with Crippen LogP contribution in [0.15, 0.2) is 47.7 Å². The third-order valence-electron chi connectivity index (χ3n) is 5.37. The highest BCUT2D eigenvalue weighted by molar-refractivity contribution is 14.0. The van der Waals surface area contributed by atoms with E-state index in [1.54, 1.807) is 6.20 Å². The molecule has 1 aromatic heterocycles. The Labute approximate surface area is 178 Å². The quantitative estimate of drug-likeness (QED) is 0.415. The Morgan fingerprint density at radius 3 is 2.81 bits per heavy atom. The van der Waals surface area contributed by atoms with Crippen LogP contribution >= 0.6 is 24.0 Å². The average molecular weight is 481 g/mol. The largest absolute Gasteiger partial charge is 0.381 e. The van der Waals surface area contributed by atoms with E-state index in [2.05, 4.69) is 46.5 Å². The molecule has 2 aliphatic rings. The van der Waals surface area contributed by atoms with Crippen molar-refractivity contribution in [2.24, 2.45) is 10.4 Å². The number of nitrogens with one attached hydrogen (secondary N) is 1. The number of benzene rings is 1. The van der Waals surface area contributed by atoms with Crippen LogP contribution in [-0.2, 0) is 11.3 Å². The standard InChI is InChI=1S/C20H27N5O.HI/c1-2-21-19(24-12-8-20(15-24)9-13-26-16-20)22-14-17-4-6-18(7-5-17)25-11-3-10-23-25;/h3-7,10-11H,2,8-9,12-16H2,1H3,(H,21,22);1H. The van der Waals surface area contributed by atoms with Gasteiger partial charge in [0, 0.05) is 44.0 Å². The summed E-state index contributed by atoms with van der Waals surface area (Å²) in [5, 5.41) is 7.72. The Morgan fingerprint density at radius 2 is 2.15 bits per heavy atom. The summed E-state index contributed by atoms with van der Waals surface area (Å²) in [5.41, 5.74) is 2.62. The number of likely N-dealkylation sites (tertiary alicyclic amines) is 1. The zero-order chi connectivity index (χ0) is 17.8. The number of aliphatic imine (C=N–C) groups is 1. The van der Waals surface area contributed by atoms with Crippen molar-refractivity contribution in [2.45, 2.75) is 26.3 Å². The summed E-state index contributed by atoms with van der Waals surface area (Å²) in [5.74, 6) is 1.02. The van der Waals surface area contributed by atoms with Gasteiger partial charge in [0.25, 0.3) is 0 Å². The number of ether oxygens (including phenoxy) is 1. The molecule has 0 radical (unpaired) electrons. The number of rotatable bonds is 4. The van der Waals surface area contributed by atoms with Gasteiger partial charge in [0.1, 0.15) is 0 Å². The van der Waals surface area contributed by atoms with Crippen molar-refractivity contribution < 1.29 is 4.74 Å². The van der Waals surface area contributed by atoms with Crippen molar-refractivity contribution in [1.82, 2.24) is 20.0 Å². The molecule has 0 amide bonds. The monoisotopic (exact) mass is 481 g/mol. The molecule has 146 valence electrons. The molecule has 0 saturated carbocycles. The maximum atomic E-state index is 5.65. The maximum absolute atomic E-state index is 5.65. The molecule has 0 bridgehead atoms. The fourth-order valence-corrected chi connectivity index (χ4v) is 3.85. The first-order valence-corrected chi connectivity index (χ1v) is 9.48. The fourth-order valence-electron chi connectivity index (χ4n) is 3.85. The number of hydrogen-bond donors (Lipinski definition) is 1. The lowest BCUT2D eigenvalue weighted by atomic mass is 9.87. The molecule has 7 heteroatoms. The minimum absolute atomic E-state index is 0. The Balaban J connectivity index is 0.00000210.